The Morgan fingerprint density at radius 2 is 1.68 bits per heavy atom. The first-order valence-electron chi connectivity index (χ1n) is 8.00. The molecule has 1 N–H and O–H groups in total. The molecule has 0 spiro atoms. The summed E-state index contributed by atoms with van der Waals surface area (Å²) in [7, 11) is 0. The van der Waals surface area contributed by atoms with Crippen LogP contribution in [0.3, 0.4) is 0 Å². The number of benzene rings is 1. The Kier molecular flexibility index (Phi) is 6.15. The van der Waals surface area contributed by atoms with Crippen molar-refractivity contribution in [2.24, 2.45) is 0 Å². The number of piperidine rings is 1. The third-order valence-corrected chi connectivity index (χ3v) is 4.35. The highest BCUT2D eigenvalue weighted by molar-refractivity contribution is 5.29. The Labute approximate surface area is 131 Å². The smallest absolute Gasteiger partial charge is 0.387 e. The second-order valence-corrected chi connectivity index (χ2v) is 6.24. The molecule has 1 aliphatic heterocycles. The SMILES string of the molecule is CC(NC1CCN(C(C)C)CC1)c1ccc(OC(F)F)cc1. The van der Waals surface area contributed by atoms with Crippen molar-refractivity contribution in [1.29, 1.82) is 0 Å². The Bertz CT molecular complexity index is 442. The molecule has 124 valence electrons. The fraction of sp³-hybridized carbons (Fsp3) is 0.647. The van der Waals surface area contributed by atoms with E-state index in [0.29, 0.717) is 12.1 Å². The fourth-order valence-corrected chi connectivity index (χ4v) is 2.97. The van der Waals surface area contributed by atoms with E-state index >= 15 is 0 Å². The lowest BCUT2D eigenvalue weighted by atomic mass is 10.0. The number of nitrogens with zero attached hydrogens (tertiary/aromatic N) is 1. The number of likely N-dealkylation sites (tertiary alicyclic amines) is 1. The molecule has 1 aliphatic rings. The molecule has 1 saturated heterocycles. The number of halogens is 2. The molecule has 1 aromatic rings. The molecule has 22 heavy (non-hydrogen) atoms. The average molecular weight is 312 g/mol. The van der Waals surface area contributed by atoms with Gasteiger partial charge in [0.2, 0.25) is 0 Å². The summed E-state index contributed by atoms with van der Waals surface area (Å²) in [6.45, 7) is 6.07. The first kappa shape index (κ1) is 17.2. The molecule has 1 heterocycles. The molecular formula is C17H26F2N2O. The van der Waals surface area contributed by atoms with Crippen LogP contribution in [0.25, 0.3) is 0 Å². The highest BCUT2D eigenvalue weighted by Gasteiger charge is 2.22. The first-order chi connectivity index (χ1) is 10.5. The van der Waals surface area contributed by atoms with E-state index in [9.17, 15) is 8.78 Å². The van der Waals surface area contributed by atoms with Crippen LogP contribution in [0.5, 0.6) is 5.75 Å². The Morgan fingerprint density at radius 3 is 2.18 bits per heavy atom. The molecule has 0 aromatic heterocycles. The molecular weight excluding hydrogens is 286 g/mol. The minimum atomic E-state index is -2.77. The van der Waals surface area contributed by atoms with Gasteiger partial charge in [0.25, 0.3) is 0 Å². The highest BCUT2D eigenvalue weighted by atomic mass is 19.3. The van der Waals surface area contributed by atoms with Gasteiger partial charge in [-0.15, -0.1) is 0 Å². The van der Waals surface area contributed by atoms with E-state index in [0.717, 1.165) is 31.5 Å². The standard InChI is InChI=1S/C17H26F2N2O/c1-12(2)21-10-8-15(9-11-21)20-13(3)14-4-6-16(7-5-14)22-17(18)19/h4-7,12-13,15,17,20H,8-11H2,1-3H3. The predicted octanol–water partition coefficient (Wildman–Crippen LogP) is 3.81. The molecule has 0 saturated carbocycles. The van der Waals surface area contributed by atoms with Gasteiger partial charge in [0, 0.05) is 18.1 Å². The van der Waals surface area contributed by atoms with Gasteiger partial charge in [0.1, 0.15) is 5.75 Å². The summed E-state index contributed by atoms with van der Waals surface area (Å²) in [5, 5.41) is 3.64. The van der Waals surface area contributed by atoms with Crippen molar-refractivity contribution in [3.63, 3.8) is 0 Å². The minimum Gasteiger partial charge on any atom is -0.435 e. The molecule has 3 nitrogen and oxygen atoms in total. The van der Waals surface area contributed by atoms with Gasteiger partial charge in [0.05, 0.1) is 0 Å². The van der Waals surface area contributed by atoms with Crippen molar-refractivity contribution in [2.45, 2.75) is 58.3 Å². The van der Waals surface area contributed by atoms with Crippen molar-refractivity contribution >= 4 is 0 Å². The van der Waals surface area contributed by atoms with Crippen molar-refractivity contribution in [2.75, 3.05) is 13.1 Å². The Balaban J connectivity index is 1.83. The summed E-state index contributed by atoms with van der Waals surface area (Å²) in [5.41, 5.74) is 1.09. The van der Waals surface area contributed by atoms with Crippen LogP contribution >= 0.6 is 0 Å². The Hall–Kier alpha value is -1.20. The maximum atomic E-state index is 12.1. The number of rotatable bonds is 6. The van der Waals surface area contributed by atoms with Gasteiger partial charge >= 0.3 is 6.61 Å². The lowest BCUT2D eigenvalue weighted by molar-refractivity contribution is -0.0498. The Morgan fingerprint density at radius 1 is 1.09 bits per heavy atom. The minimum absolute atomic E-state index is 0.205. The fourth-order valence-electron chi connectivity index (χ4n) is 2.97. The van der Waals surface area contributed by atoms with Gasteiger partial charge in [-0.1, -0.05) is 12.1 Å². The molecule has 2 rings (SSSR count). The van der Waals surface area contributed by atoms with E-state index in [-0.39, 0.29) is 11.8 Å². The molecule has 1 aromatic carbocycles. The van der Waals surface area contributed by atoms with Crippen LogP contribution in [0.15, 0.2) is 24.3 Å². The molecule has 0 aliphatic carbocycles. The van der Waals surface area contributed by atoms with E-state index in [2.05, 4.69) is 35.7 Å². The largest absolute Gasteiger partial charge is 0.435 e. The van der Waals surface area contributed by atoms with E-state index in [1.807, 2.05) is 12.1 Å². The van der Waals surface area contributed by atoms with Gasteiger partial charge in [-0.05, 0) is 64.4 Å². The number of ether oxygens (including phenoxy) is 1. The summed E-state index contributed by atoms with van der Waals surface area (Å²) >= 11 is 0. The van der Waals surface area contributed by atoms with Crippen LogP contribution in [0, 0.1) is 0 Å². The van der Waals surface area contributed by atoms with E-state index in [4.69, 9.17) is 0 Å². The monoisotopic (exact) mass is 312 g/mol. The van der Waals surface area contributed by atoms with Crippen molar-refractivity contribution in [3.8, 4) is 5.75 Å². The number of alkyl halides is 2. The van der Waals surface area contributed by atoms with Crippen molar-refractivity contribution in [1.82, 2.24) is 10.2 Å². The van der Waals surface area contributed by atoms with Crippen LogP contribution in [-0.4, -0.2) is 36.7 Å². The summed E-state index contributed by atoms with van der Waals surface area (Å²) < 4.78 is 28.7. The van der Waals surface area contributed by atoms with Gasteiger partial charge in [-0.3, -0.25) is 0 Å². The van der Waals surface area contributed by atoms with Gasteiger partial charge in [-0.25, -0.2) is 0 Å². The zero-order valence-electron chi connectivity index (χ0n) is 13.6. The second kappa shape index (κ2) is 7.88. The number of hydrogen-bond donors (Lipinski definition) is 1. The zero-order chi connectivity index (χ0) is 16.1. The number of nitrogens with one attached hydrogen (secondary N) is 1. The molecule has 0 radical (unpaired) electrons. The third kappa shape index (κ3) is 4.92. The van der Waals surface area contributed by atoms with Crippen LogP contribution < -0.4 is 10.1 Å². The quantitative estimate of drug-likeness (QED) is 0.864. The second-order valence-electron chi connectivity index (χ2n) is 6.24. The summed E-state index contributed by atoms with van der Waals surface area (Å²) in [5.74, 6) is 0.205. The maximum absolute atomic E-state index is 12.1. The van der Waals surface area contributed by atoms with Gasteiger partial charge < -0.3 is 15.0 Å². The average Bonchev–Trinajstić information content (AvgIpc) is 2.48. The van der Waals surface area contributed by atoms with Crippen LogP contribution in [0.1, 0.15) is 45.2 Å². The summed E-state index contributed by atoms with van der Waals surface area (Å²) in [4.78, 5) is 2.50. The molecule has 1 unspecified atom stereocenters. The van der Waals surface area contributed by atoms with Gasteiger partial charge in [-0.2, -0.15) is 8.78 Å². The molecule has 1 fully saturated rings. The normalized spacial score (nSPS) is 18.9. The highest BCUT2D eigenvalue weighted by Crippen LogP contribution is 2.21. The van der Waals surface area contributed by atoms with Gasteiger partial charge in [0.15, 0.2) is 0 Å². The lowest BCUT2D eigenvalue weighted by Crippen LogP contribution is -2.45. The van der Waals surface area contributed by atoms with Crippen molar-refractivity contribution < 1.29 is 13.5 Å². The van der Waals surface area contributed by atoms with E-state index < -0.39 is 6.61 Å². The van der Waals surface area contributed by atoms with Crippen LogP contribution in [-0.2, 0) is 0 Å². The van der Waals surface area contributed by atoms with E-state index in [1.165, 1.54) is 0 Å². The first-order valence-corrected chi connectivity index (χ1v) is 8.00. The zero-order valence-corrected chi connectivity index (χ0v) is 13.6. The molecule has 0 bridgehead atoms. The molecule has 1 atom stereocenters. The summed E-state index contributed by atoms with van der Waals surface area (Å²) in [6, 6.07) is 8.22. The van der Waals surface area contributed by atoms with Crippen LogP contribution in [0.2, 0.25) is 0 Å². The van der Waals surface area contributed by atoms with Crippen molar-refractivity contribution in [3.05, 3.63) is 29.8 Å². The van der Waals surface area contributed by atoms with E-state index in [1.54, 1.807) is 12.1 Å². The third-order valence-electron chi connectivity index (χ3n) is 4.35. The van der Waals surface area contributed by atoms with Crippen LogP contribution in [0.4, 0.5) is 8.78 Å². The lowest BCUT2D eigenvalue weighted by Gasteiger charge is -2.36. The molecule has 0 amide bonds. The predicted molar refractivity (Wildman–Crippen MR) is 84.4 cm³/mol. The summed E-state index contributed by atoms with van der Waals surface area (Å²) in [6.07, 6.45) is 2.30. The maximum Gasteiger partial charge on any atom is 0.387 e. The molecule has 5 heteroatoms. The topological polar surface area (TPSA) is 24.5 Å². The number of hydrogen-bond acceptors (Lipinski definition) is 3.